The molecule has 0 bridgehead atoms. The van der Waals surface area contributed by atoms with Gasteiger partial charge in [0, 0.05) is 4.88 Å². The van der Waals surface area contributed by atoms with Crippen LogP contribution in [-0.2, 0) is 12.8 Å². The summed E-state index contributed by atoms with van der Waals surface area (Å²) in [6.45, 7) is 0. The summed E-state index contributed by atoms with van der Waals surface area (Å²) in [5.41, 5.74) is 7.57. The molecule has 2 heterocycles. The van der Waals surface area contributed by atoms with Crippen molar-refractivity contribution in [1.82, 2.24) is 9.97 Å². The number of hydrogen-bond donors (Lipinski definition) is 1. The van der Waals surface area contributed by atoms with Gasteiger partial charge in [0.1, 0.15) is 16.5 Å². The molecule has 0 amide bonds. The maximum absolute atomic E-state index is 14.0. The molecule has 0 saturated heterocycles. The number of anilines is 1. The Morgan fingerprint density at radius 2 is 2.10 bits per heavy atom. The third kappa shape index (κ3) is 1.92. The Morgan fingerprint density at radius 1 is 1.24 bits per heavy atom. The maximum atomic E-state index is 14.0. The van der Waals surface area contributed by atoms with Crippen molar-refractivity contribution in [2.75, 3.05) is 5.73 Å². The van der Waals surface area contributed by atoms with Gasteiger partial charge in [-0.1, -0.05) is 17.7 Å². The summed E-state index contributed by atoms with van der Waals surface area (Å²) in [6, 6.07) is 4.53. The minimum Gasteiger partial charge on any atom is -0.383 e. The highest BCUT2D eigenvalue weighted by atomic mass is 35.5. The summed E-state index contributed by atoms with van der Waals surface area (Å²) in [6.07, 6.45) is 3.23. The summed E-state index contributed by atoms with van der Waals surface area (Å²) in [7, 11) is 0. The SMILES string of the molecule is Nc1nc(-c2c(F)cccc2Cl)nc2sc3c(c12)CCC3. The fourth-order valence-electron chi connectivity index (χ4n) is 2.85. The van der Waals surface area contributed by atoms with Crippen molar-refractivity contribution in [2.24, 2.45) is 0 Å². The molecule has 3 nitrogen and oxygen atoms in total. The highest BCUT2D eigenvalue weighted by Gasteiger charge is 2.22. The van der Waals surface area contributed by atoms with Gasteiger partial charge in [-0.25, -0.2) is 14.4 Å². The van der Waals surface area contributed by atoms with Crippen molar-refractivity contribution in [3.8, 4) is 11.4 Å². The predicted molar refractivity (Wildman–Crippen MR) is 84.3 cm³/mol. The van der Waals surface area contributed by atoms with E-state index in [-0.39, 0.29) is 16.4 Å². The average molecular weight is 320 g/mol. The second kappa shape index (κ2) is 4.64. The van der Waals surface area contributed by atoms with E-state index in [1.165, 1.54) is 16.5 Å². The highest BCUT2D eigenvalue weighted by molar-refractivity contribution is 7.19. The number of halogens is 2. The fourth-order valence-corrected chi connectivity index (χ4v) is 4.36. The predicted octanol–water partition coefficient (Wildman–Crippen LogP) is 4.22. The van der Waals surface area contributed by atoms with Gasteiger partial charge in [0.15, 0.2) is 5.82 Å². The molecule has 6 heteroatoms. The third-order valence-electron chi connectivity index (χ3n) is 3.78. The van der Waals surface area contributed by atoms with E-state index in [1.54, 1.807) is 23.5 Å². The molecule has 1 aliphatic carbocycles. The number of aryl methyl sites for hydroxylation is 2. The van der Waals surface area contributed by atoms with E-state index in [9.17, 15) is 4.39 Å². The number of nitrogens with two attached hydrogens (primary N) is 1. The molecular formula is C15H11ClFN3S. The third-order valence-corrected chi connectivity index (χ3v) is 5.28. The number of thiophene rings is 1. The number of benzene rings is 1. The molecule has 0 fully saturated rings. The summed E-state index contributed by atoms with van der Waals surface area (Å²) >= 11 is 7.71. The molecule has 0 atom stereocenters. The molecule has 0 spiro atoms. The zero-order valence-corrected chi connectivity index (χ0v) is 12.6. The zero-order chi connectivity index (χ0) is 14.6. The first-order valence-corrected chi connectivity index (χ1v) is 7.86. The van der Waals surface area contributed by atoms with Crippen molar-refractivity contribution in [3.05, 3.63) is 39.5 Å². The van der Waals surface area contributed by atoms with E-state index in [1.807, 2.05) is 0 Å². The molecule has 0 unspecified atom stereocenters. The van der Waals surface area contributed by atoms with E-state index in [0.29, 0.717) is 5.82 Å². The first-order chi connectivity index (χ1) is 10.1. The number of fused-ring (bicyclic) bond motifs is 3. The van der Waals surface area contributed by atoms with Crippen LogP contribution >= 0.6 is 22.9 Å². The topological polar surface area (TPSA) is 51.8 Å². The largest absolute Gasteiger partial charge is 0.383 e. The molecule has 2 N–H and O–H groups in total. The summed E-state index contributed by atoms with van der Waals surface area (Å²) < 4.78 is 14.0. The summed E-state index contributed by atoms with van der Waals surface area (Å²) in [5, 5.41) is 1.22. The maximum Gasteiger partial charge on any atom is 0.167 e. The number of nitrogen functional groups attached to an aromatic ring is 1. The van der Waals surface area contributed by atoms with Gasteiger partial charge < -0.3 is 5.73 Å². The first kappa shape index (κ1) is 13.0. The van der Waals surface area contributed by atoms with Gasteiger partial charge in [-0.05, 0) is 37.0 Å². The minimum absolute atomic E-state index is 0.210. The van der Waals surface area contributed by atoms with Gasteiger partial charge in [0.2, 0.25) is 0 Å². The highest BCUT2D eigenvalue weighted by Crippen LogP contribution is 2.40. The molecule has 1 aromatic carbocycles. The van der Waals surface area contributed by atoms with Crippen LogP contribution in [0.15, 0.2) is 18.2 Å². The van der Waals surface area contributed by atoms with Crippen LogP contribution in [0.5, 0.6) is 0 Å². The molecule has 106 valence electrons. The zero-order valence-electron chi connectivity index (χ0n) is 11.0. The molecule has 0 saturated carbocycles. The molecule has 0 aliphatic heterocycles. The fraction of sp³-hybridized carbons (Fsp3) is 0.200. The van der Waals surface area contributed by atoms with E-state index < -0.39 is 5.82 Å². The molecule has 4 rings (SSSR count). The van der Waals surface area contributed by atoms with Gasteiger partial charge in [0.25, 0.3) is 0 Å². The van der Waals surface area contributed by atoms with Gasteiger partial charge in [-0.3, -0.25) is 0 Å². The van der Waals surface area contributed by atoms with E-state index in [2.05, 4.69) is 9.97 Å². The van der Waals surface area contributed by atoms with Gasteiger partial charge in [-0.15, -0.1) is 11.3 Å². The van der Waals surface area contributed by atoms with Crippen molar-refractivity contribution in [2.45, 2.75) is 19.3 Å². The Balaban J connectivity index is 2.00. The van der Waals surface area contributed by atoms with Gasteiger partial charge in [0.05, 0.1) is 16.0 Å². The van der Waals surface area contributed by atoms with E-state index >= 15 is 0 Å². The van der Waals surface area contributed by atoms with Crippen molar-refractivity contribution >= 4 is 39.0 Å². The smallest absolute Gasteiger partial charge is 0.167 e. The van der Waals surface area contributed by atoms with Crippen molar-refractivity contribution in [1.29, 1.82) is 0 Å². The van der Waals surface area contributed by atoms with Crippen LogP contribution in [-0.4, -0.2) is 9.97 Å². The normalized spacial score (nSPS) is 13.8. The Hall–Kier alpha value is -1.72. The van der Waals surface area contributed by atoms with Crippen LogP contribution in [0.4, 0.5) is 10.2 Å². The second-order valence-electron chi connectivity index (χ2n) is 5.07. The Kier molecular flexibility index (Phi) is 2.87. The van der Waals surface area contributed by atoms with Crippen molar-refractivity contribution < 1.29 is 4.39 Å². The van der Waals surface area contributed by atoms with E-state index in [4.69, 9.17) is 17.3 Å². The lowest BCUT2D eigenvalue weighted by molar-refractivity contribution is 0.630. The lowest BCUT2D eigenvalue weighted by atomic mass is 10.1. The molecule has 2 aromatic heterocycles. The number of hydrogen-bond acceptors (Lipinski definition) is 4. The monoisotopic (exact) mass is 319 g/mol. The Bertz CT molecular complexity index is 855. The minimum atomic E-state index is -0.439. The standard InChI is InChI=1S/C15H11ClFN3S/c16-8-4-2-5-9(17)12(8)14-19-13(18)11-7-3-1-6-10(7)21-15(11)20-14/h2,4-5H,1,3,6H2,(H2,18,19,20). The van der Waals surface area contributed by atoms with Crippen LogP contribution in [0.2, 0.25) is 5.02 Å². The lowest BCUT2D eigenvalue weighted by Crippen LogP contribution is -1.99. The Morgan fingerprint density at radius 3 is 2.90 bits per heavy atom. The van der Waals surface area contributed by atoms with Crippen LogP contribution in [0.3, 0.4) is 0 Å². The summed E-state index contributed by atoms with van der Waals surface area (Å²) in [4.78, 5) is 10.9. The molecule has 3 aromatic rings. The average Bonchev–Trinajstić information content (AvgIpc) is 2.98. The van der Waals surface area contributed by atoms with Gasteiger partial charge in [-0.2, -0.15) is 0 Å². The Labute approximate surface area is 129 Å². The summed E-state index contributed by atoms with van der Waals surface area (Å²) in [5.74, 6) is 0.224. The molecular weight excluding hydrogens is 309 g/mol. The van der Waals surface area contributed by atoms with Crippen LogP contribution in [0.1, 0.15) is 16.9 Å². The van der Waals surface area contributed by atoms with Crippen LogP contribution in [0, 0.1) is 5.82 Å². The quantitative estimate of drug-likeness (QED) is 0.730. The lowest BCUT2D eigenvalue weighted by Gasteiger charge is -2.06. The van der Waals surface area contributed by atoms with E-state index in [0.717, 1.165) is 29.5 Å². The number of aromatic nitrogens is 2. The van der Waals surface area contributed by atoms with Gasteiger partial charge >= 0.3 is 0 Å². The van der Waals surface area contributed by atoms with Crippen molar-refractivity contribution in [3.63, 3.8) is 0 Å². The van der Waals surface area contributed by atoms with Crippen LogP contribution < -0.4 is 5.73 Å². The number of nitrogens with zero attached hydrogens (tertiary/aromatic N) is 2. The number of rotatable bonds is 1. The molecule has 0 radical (unpaired) electrons. The molecule has 21 heavy (non-hydrogen) atoms. The second-order valence-corrected chi connectivity index (χ2v) is 6.56. The molecule has 1 aliphatic rings. The first-order valence-electron chi connectivity index (χ1n) is 6.67. The van der Waals surface area contributed by atoms with Crippen LogP contribution in [0.25, 0.3) is 21.6 Å².